The molecule has 27 heavy (non-hydrogen) atoms. The second-order valence-corrected chi connectivity index (χ2v) is 8.92. The minimum absolute atomic E-state index is 0.136. The highest BCUT2D eigenvalue weighted by Crippen LogP contribution is 2.33. The summed E-state index contributed by atoms with van der Waals surface area (Å²) >= 11 is 6.84. The van der Waals surface area contributed by atoms with Crippen LogP contribution in [0.5, 0.6) is 5.75 Å². The van der Waals surface area contributed by atoms with Gasteiger partial charge in [-0.3, -0.25) is 20.4 Å². The molecule has 0 saturated heterocycles. The Balaban J connectivity index is 1.93. The van der Waals surface area contributed by atoms with Gasteiger partial charge < -0.3 is 4.74 Å². The van der Waals surface area contributed by atoms with Crippen molar-refractivity contribution in [3.05, 3.63) is 62.0 Å². The lowest BCUT2D eigenvalue weighted by molar-refractivity contribution is -0.123. The van der Waals surface area contributed by atoms with Crippen molar-refractivity contribution in [1.29, 1.82) is 0 Å². The first-order valence-corrected chi connectivity index (χ1v) is 9.94. The van der Waals surface area contributed by atoms with E-state index in [0.29, 0.717) is 11.3 Å². The summed E-state index contributed by atoms with van der Waals surface area (Å²) < 4.78 is 7.44. The van der Waals surface area contributed by atoms with Crippen molar-refractivity contribution in [2.45, 2.75) is 33.1 Å². The zero-order chi connectivity index (χ0) is 20.2. The first-order valence-electron chi connectivity index (χ1n) is 8.36. The largest absolute Gasteiger partial charge is 0.483 e. The third kappa shape index (κ3) is 6.07. The Morgan fingerprint density at radius 3 is 2.37 bits per heavy atom. The van der Waals surface area contributed by atoms with E-state index in [9.17, 15) is 9.59 Å². The number of hydrazine groups is 1. The fourth-order valence-electron chi connectivity index (χ4n) is 2.33. The fraction of sp³-hybridized carbons (Fsp3) is 0.300. The van der Waals surface area contributed by atoms with Crippen molar-refractivity contribution in [3.63, 3.8) is 0 Å². The molecule has 0 aliphatic rings. The van der Waals surface area contributed by atoms with Gasteiger partial charge in [-0.2, -0.15) is 0 Å². The van der Waals surface area contributed by atoms with Gasteiger partial charge in [0.2, 0.25) is 0 Å². The van der Waals surface area contributed by atoms with E-state index in [-0.39, 0.29) is 12.0 Å². The molecule has 2 N–H and O–H groups in total. The minimum atomic E-state index is -0.447. The van der Waals surface area contributed by atoms with Crippen LogP contribution >= 0.6 is 31.9 Å². The summed E-state index contributed by atoms with van der Waals surface area (Å²) in [4.78, 5) is 24.1. The summed E-state index contributed by atoms with van der Waals surface area (Å²) in [6, 6.07) is 10.9. The molecule has 0 aromatic heterocycles. The zero-order valence-corrected chi connectivity index (χ0v) is 18.8. The van der Waals surface area contributed by atoms with E-state index in [0.717, 1.165) is 20.1 Å². The number of hydrogen-bond donors (Lipinski definition) is 2. The lowest BCUT2D eigenvalue weighted by Gasteiger charge is -2.23. The van der Waals surface area contributed by atoms with Crippen LogP contribution in [-0.4, -0.2) is 18.4 Å². The van der Waals surface area contributed by atoms with Crippen molar-refractivity contribution in [1.82, 2.24) is 10.9 Å². The molecular formula is C20H22Br2N2O3. The number of carbonyl (C=O) groups excluding carboxylic acids is 2. The summed E-state index contributed by atoms with van der Waals surface area (Å²) in [5.74, 6) is -0.213. The number of hydrogen-bond acceptors (Lipinski definition) is 3. The molecule has 0 unspecified atom stereocenters. The first-order chi connectivity index (χ1) is 12.6. The van der Waals surface area contributed by atoms with E-state index in [2.05, 4.69) is 63.5 Å². The van der Waals surface area contributed by atoms with Gasteiger partial charge in [-0.25, -0.2) is 0 Å². The number of carbonyl (C=O) groups is 2. The van der Waals surface area contributed by atoms with E-state index >= 15 is 0 Å². The van der Waals surface area contributed by atoms with Crippen LogP contribution in [0, 0.1) is 6.92 Å². The van der Waals surface area contributed by atoms with E-state index < -0.39 is 11.8 Å². The molecule has 0 fully saturated rings. The number of halogens is 2. The number of rotatable bonds is 4. The molecule has 0 radical (unpaired) electrons. The minimum Gasteiger partial charge on any atom is -0.483 e. The monoisotopic (exact) mass is 496 g/mol. The van der Waals surface area contributed by atoms with Crippen molar-refractivity contribution in [3.8, 4) is 5.75 Å². The molecule has 144 valence electrons. The van der Waals surface area contributed by atoms with E-state index in [1.807, 2.05) is 31.2 Å². The summed E-state index contributed by atoms with van der Waals surface area (Å²) in [7, 11) is 0. The van der Waals surface area contributed by atoms with Crippen molar-refractivity contribution in [2.24, 2.45) is 0 Å². The van der Waals surface area contributed by atoms with E-state index in [4.69, 9.17) is 4.74 Å². The second kappa shape index (κ2) is 8.89. The number of ether oxygens (including phenoxy) is 1. The maximum Gasteiger partial charge on any atom is 0.276 e. The van der Waals surface area contributed by atoms with E-state index in [1.165, 1.54) is 0 Å². The van der Waals surface area contributed by atoms with Gasteiger partial charge in [0, 0.05) is 20.1 Å². The molecule has 2 aromatic rings. The van der Waals surface area contributed by atoms with Gasteiger partial charge in [-0.15, -0.1) is 0 Å². The van der Waals surface area contributed by atoms with Crippen molar-refractivity contribution < 1.29 is 14.3 Å². The van der Waals surface area contributed by atoms with Gasteiger partial charge in [0.1, 0.15) is 5.75 Å². The third-order valence-electron chi connectivity index (χ3n) is 3.86. The average Bonchev–Trinajstić information content (AvgIpc) is 2.60. The van der Waals surface area contributed by atoms with Crippen LogP contribution in [0.25, 0.3) is 0 Å². The van der Waals surface area contributed by atoms with Gasteiger partial charge >= 0.3 is 0 Å². The molecule has 0 aliphatic carbocycles. The SMILES string of the molecule is Cc1ccc(C(=O)NNC(=O)COc2ccc(Br)cc2C(C)(C)C)cc1Br. The molecule has 2 rings (SSSR count). The average molecular weight is 498 g/mol. The van der Waals surface area contributed by atoms with Crippen LogP contribution in [-0.2, 0) is 10.2 Å². The van der Waals surface area contributed by atoms with Gasteiger partial charge in [0.25, 0.3) is 11.8 Å². The maximum atomic E-state index is 12.1. The quantitative estimate of drug-likeness (QED) is 0.604. The van der Waals surface area contributed by atoms with Gasteiger partial charge in [0.05, 0.1) is 0 Å². The normalized spacial score (nSPS) is 11.0. The second-order valence-electron chi connectivity index (χ2n) is 7.15. The van der Waals surface area contributed by atoms with Gasteiger partial charge in [0.15, 0.2) is 6.61 Å². The van der Waals surface area contributed by atoms with Crippen molar-refractivity contribution >= 4 is 43.7 Å². The number of aryl methyl sites for hydroxylation is 1. The number of nitrogens with one attached hydrogen (secondary N) is 2. The molecule has 0 spiro atoms. The highest BCUT2D eigenvalue weighted by Gasteiger charge is 2.20. The molecule has 7 heteroatoms. The molecule has 0 saturated carbocycles. The predicted molar refractivity (Wildman–Crippen MR) is 113 cm³/mol. The van der Waals surface area contributed by atoms with Crippen LogP contribution in [0.3, 0.4) is 0 Å². The van der Waals surface area contributed by atoms with Gasteiger partial charge in [-0.05, 0) is 48.2 Å². The standard InChI is InChI=1S/C20H22Br2N2O3/c1-12-5-6-13(9-16(12)22)19(26)24-23-18(25)11-27-17-8-7-14(21)10-15(17)20(2,3)4/h5-10H,11H2,1-4H3,(H,23,25)(H,24,26). The summed E-state index contributed by atoms with van der Waals surface area (Å²) in [5, 5.41) is 0. The van der Waals surface area contributed by atoms with Crippen LogP contribution in [0.15, 0.2) is 45.3 Å². The smallest absolute Gasteiger partial charge is 0.276 e. The number of benzene rings is 2. The number of amides is 2. The summed E-state index contributed by atoms with van der Waals surface area (Å²) in [6.45, 7) is 7.94. The Hall–Kier alpha value is -1.86. The Labute approximate surface area is 176 Å². The molecule has 0 atom stereocenters. The zero-order valence-electron chi connectivity index (χ0n) is 15.7. The summed E-state index contributed by atoms with van der Waals surface area (Å²) in [5.41, 5.74) is 7.07. The Morgan fingerprint density at radius 2 is 1.74 bits per heavy atom. The van der Waals surface area contributed by atoms with Crippen LogP contribution in [0.2, 0.25) is 0 Å². The Bertz CT molecular complexity index is 861. The predicted octanol–water partition coefficient (Wildman–Crippen LogP) is 4.66. The van der Waals surface area contributed by atoms with Gasteiger partial charge in [-0.1, -0.05) is 58.7 Å². The molecule has 0 aliphatic heterocycles. The maximum absolute atomic E-state index is 12.1. The third-order valence-corrected chi connectivity index (χ3v) is 5.21. The lowest BCUT2D eigenvalue weighted by Crippen LogP contribution is -2.43. The Kier molecular flexibility index (Phi) is 7.06. The van der Waals surface area contributed by atoms with Crippen molar-refractivity contribution in [2.75, 3.05) is 6.61 Å². The molecule has 0 bridgehead atoms. The molecule has 5 nitrogen and oxygen atoms in total. The van der Waals surface area contributed by atoms with Crippen LogP contribution in [0.4, 0.5) is 0 Å². The molecule has 2 amide bonds. The fourth-order valence-corrected chi connectivity index (χ4v) is 3.07. The Morgan fingerprint density at radius 1 is 1.04 bits per heavy atom. The van der Waals surface area contributed by atoms with Crippen LogP contribution < -0.4 is 15.6 Å². The molecular weight excluding hydrogens is 476 g/mol. The van der Waals surface area contributed by atoms with E-state index in [1.54, 1.807) is 12.1 Å². The highest BCUT2D eigenvalue weighted by molar-refractivity contribution is 9.10. The highest BCUT2D eigenvalue weighted by atomic mass is 79.9. The first kappa shape index (κ1) is 21.4. The molecule has 0 heterocycles. The molecule has 2 aromatic carbocycles. The lowest BCUT2D eigenvalue weighted by atomic mass is 9.86. The summed E-state index contributed by atoms with van der Waals surface area (Å²) in [6.07, 6.45) is 0. The topological polar surface area (TPSA) is 67.4 Å². The van der Waals surface area contributed by atoms with Crippen LogP contribution in [0.1, 0.15) is 42.3 Å².